The molecule has 0 aliphatic heterocycles. The number of halogens is 1. The number of hydrogen-bond donors (Lipinski definition) is 1. The van der Waals surface area contributed by atoms with E-state index in [-0.39, 0.29) is 34.8 Å². The molecule has 230 valence electrons. The molecule has 9 nitrogen and oxygen atoms in total. The summed E-state index contributed by atoms with van der Waals surface area (Å²) in [6.45, 7) is 3.19. The van der Waals surface area contributed by atoms with Crippen molar-refractivity contribution in [2.24, 2.45) is 0 Å². The molecule has 0 aromatic heterocycles. The first-order valence-corrected chi connectivity index (χ1v) is 16.0. The van der Waals surface area contributed by atoms with E-state index in [4.69, 9.17) is 21.1 Å². The Hall–Kier alpha value is -3.76. The smallest absolute Gasteiger partial charge is 0.264 e. The van der Waals surface area contributed by atoms with Crippen LogP contribution in [0.1, 0.15) is 43.7 Å². The van der Waals surface area contributed by atoms with Crippen molar-refractivity contribution in [3.63, 3.8) is 0 Å². The summed E-state index contributed by atoms with van der Waals surface area (Å²) < 4.78 is 39.9. The summed E-state index contributed by atoms with van der Waals surface area (Å²) in [5, 5.41) is 3.49. The highest BCUT2D eigenvalue weighted by atomic mass is 35.5. The average molecular weight is 628 g/mol. The van der Waals surface area contributed by atoms with Crippen LogP contribution in [0.2, 0.25) is 5.02 Å². The first kappa shape index (κ1) is 32.2. The number of nitrogens with zero attached hydrogens (tertiary/aromatic N) is 2. The molecule has 1 saturated carbocycles. The first-order chi connectivity index (χ1) is 20.5. The number of aryl methyl sites for hydroxylation is 1. The van der Waals surface area contributed by atoms with E-state index in [1.54, 1.807) is 19.1 Å². The standard InChI is InChI=1S/C32H38ClN3O6S/c1-22-9-5-6-10-24(22)20-35(23(2)32(38)34-26-11-7-8-12-26)31(37)21-36(27-15-13-25(33)14-16-27)43(39,40)28-17-18-29(41-3)30(19-28)42-4/h5-6,9-10,13-19,23,26H,7-8,11-12,20-21H2,1-4H3,(H,34,38). The molecule has 4 rings (SSSR count). The molecule has 3 aromatic rings. The Balaban J connectivity index is 1.72. The molecule has 3 aromatic carbocycles. The first-order valence-electron chi connectivity index (χ1n) is 14.2. The summed E-state index contributed by atoms with van der Waals surface area (Å²) in [4.78, 5) is 28.9. The second-order valence-electron chi connectivity index (χ2n) is 10.6. The maximum Gasteiger partial charge on any atom is 0.264 e. The van der Waals surface area contributed by atoms with Gasteiger partial charge in [-0.1, -0.05) is 48.7 Å². The van der Waals surface area contributed by atoms with Gasteiger partial charge in [-0.25, -0.2) is 8.42 Å². The van der Waals surface area contributed by atoms with Gasteiger partial charge in [-0.3, -0.25) is 13.9 Å². The van der Waals surface area contributed by atoms with Crippen LogP contribution in [-0.4, -0.2) is 58.0 Å². The van der Waals surface area contributed by atoms with Crippen LogP contribution in [0.15, 0.2) is 71.6 Å². The van der Waals surface area contributed by atoms with E-state index in [0.717, 1.165) is 41.1 Å². The van der Waals surface area contributed by atoms with Gasteiger partial charge in [-0.2, -0.15) is 0 Å². The molecule has 1 aliphatic carbocycles. The number of sulfonamides is 1. The lowest BCUT2D eigenvalue weighted by Crippen LogP contribution is -2.52. The minimum absolute atomic E-state index is 0.0707. The molecule has 1 unspecified atom stereocenters. The van der Waals surface area contributed by atoms with E-state index >= 15 is 0 Å². The van der Waals surface area contributed by atoms with Crippen LogP contribution in [-0.2, 0) is 26.2 Å². The average Bonchev–Trinajstić information content (AvgIpc) is 3.52. The molecule has 0 bridgehead atoms. The Bertz CT molecular complexity index is 1540. The summed E-state index contributed by atoms with van der Waals surface area (Å²) in [5.74, 6) is -0.211. The molecule has 0 saturated heterocycles. The van der Waals surface area contributed by atoms with Gasteiger partial charge >= 0.3 is 0 Å². The second kappa shape index (κ2) is 14.1. The van der Waals surface area contributed by atoms with Crippen molar-refractivity contribution in [1.29, 1.82) is 0 Å². The van der Waals surface area contributed by atoms with Crippen molar-refractivity contribution in [3.8, 4) is 11.5 Å². The number of carbonyl (C=O) groups excluding carboxylic acids is 2. The third-order valence-electron chi connectivity index (χ3n) is 7.81. The van der Waals surface area contributed by atoms with Crippen LogP contribution in [0.4, 0.5) is 5.69 Å². The molecule has 43 heavy (non-hydrogen) atoms. The number of nitrogens with one attached hydrogen (secondary N) is 1. The Morgan fingerprint density at radius 3 is 2.26 bits per heavy atom. The second-order valence-corrected chi connectivity index (χ2v) is 12.9. The Labute approximate surface area is 258 Å². The fourth-order valence-corrected chi connectivity index (χ4v) is 6.74. The van der Waals surface area contributed by atoms with Crippen LogP contribution in [0.3, 0.4) is 0 Å². The van der Waals surface area contributed by atoms with Crippen LogP contribution < -0.4 is 19.1 Å². The van der Waals surface area contributed by atoms with E-state index in [9.17, 15) is 18.0 Å². The molecule has 1 N–H and O–H groups in total. The summed E-state index contributed by atoms with van der Waals surface area (Å²) in [7, 11) is -1.42. The molecule has 0 spiro atoms. The van der Waals surface area contributed by atoms with Crippen molar-refractivity contribution in [2.45, 2.75) is 63.1 Å². The molecule has 1 atom stereocenters. The number of anilines is 1. The molecule has 2 amide bonds. The lowest BCUT2D eigenvalue weighted by atomic mass is 10.1. The molecule has 1 fully saturated rings. The number of hydrogen-bond acceptors (Lipinski definition) is 6. The minimum Gasteiger partial charge on any atom is -0.493 e. The lowest BCUT2D eigenvalue weighted by molar-refractivity contribution is -0.139. The van der Waals surface area contributed by atoms with Gasteiger partial charge in [-0.15, -0.1) is 0 Å². The zero-order valence-corrected chi connectivity index (χ0v) is 26.5. The predicted molar refractivity (Wildman–Crippen MR) is 167 cm³/mol. The van der Waals surface area contributed by atoms with Crippen LogP contribution in [0.25, 0.3) is 0 Å². The normalized spacial score (nSPS) is 14.2. The third kappa shape index (κ3) is 7.61. The highest BCUT2D eigenvalue weighted by Gasteiger charge is 2.34. The van der Waals surface area contributed by atoms with Gasteiger partial charge < -0.3 is 19.7 Å². The highest BCUT2D eigenvalue weighted by Crippen LogP contribution is 2.33. The van der Waals surface area contributed by atoms with E-state index in [2.05, 4.69) is 5.32 Å². The quantitative estimate of drug-likeness (QED) is 0.291. The van der Waals surface area contributed by atoms with Crippen molar-refractivity contribution in [2.75, 3.05) is 25.1 Å². The van der Waals surface area contributed by atoms with E-state index < -0.39 is 28.5 Å². The Morgan fingerprint density at radius 1 is 0.977 bits per heavy atom. The summed E-state index contributed by atoms with van der Waals surface area (Å²) in [5.41, 5.74) is 2.06. The molecular formula is C32H38ClN3O6S. The monoisotopic (exact) mass is 627 g/mol. The van der Waals surface area contributed by atoms with Crippen molar-refractivity contribution >= 4 is 39.1 Å². The maximum absolute atomic E-state index is 14.2. The van der Waals surface area contributed by atoms with Gasteiger partial charge in [0.2, 0.25) is 11.8 Å². The zero-order valence-electron chi connectivity index (χ0n) is 24.9. The fourth-order valence-electron chi connectivity index (χ4n) is 5.19. The Kier molecular flexibility index (Phi) is 10.6. The van der Waals surface area contributed by atoms with Crippen LogP contribution in [0.5, 0.6) is 11.5 Å². The molecule has 0 heterocycles. The van der Waals surface area contributed by atoms with Crippen molar-refractivity contribution in [1.82, 2.24) is 10.2 Å². The number of amides is 2. The lowest BCUT2D eigenvalue weighted by Gasteiger charge is -2.33. The van der Waals surface area contributed by atoms with Gasteiger partial charge in [0.15, 0.2) is 11.5 Å². The fraction of sp³-hybridized carbons (Fsp3) is 0.375. The third-order valence-corrected chi connectivity index (χ3v) is 9.83. The molecule has 0 radical (unpaired) electrons. The molecular weight excluding hydrogens is 590 g/mol. The Morgan fingerprint density at radius 2 is 1.63 bits per heavy atom. The number of benzene rings is 3. The molecule has 1 aliphatic rings. The van der Waals surface area contributed by atoms with Crippen LogP contribution in [0, 0.1) is 6.92 Å². The maximum atomic E-state index is 14.2. The SMILES string of the molecule is COc1ccc(S(=O)(=O)N(CC(=O)N(Cc2ccccc2C)C(C)C(=O)NC2CCCC2)c2ccc(Cl)cc2)cc1OC. The number of methoxy groups -OCH3 is 2. The number of ether oxygens (including phenoxy) is 2. The predicted octanol–water partition coefficient (Wildman–Crippen LogP) is 5.34. The summed E-state index contributed by atoms with van der Waals surface area (Å²) in [6, 6.07) is 17.3. The number of rotatable bonds is 12. The van der Waals surface area contributed by atoms with Gasteiger partial charge in [0, 0.05) is 23.7 Å². The molecule has 11 heteroatoms. The summed E-state index contributed by atoms with van der Waals surface area (Å²) >= 11 is 6.11. The van der Waals surface area contributed by atoms with Gasteiger partial charge in [0.25, 0.3) is 10.0 Å². The van der Waals surface area contributed by atoms with Crippen molar-refractivity contribution in [3.05, 3.63) is 82.9 Å². The highest BCUT2D eigenvalue weighted by molar-refractivity contribution is 7.92. The topological polar surface area (TPSA) is 105 Å². The largest absolute Gasteiger partial charge is 0.493 e. The van der Waals surface area contributed by atoms with Gasteiger partial charge in [0.05, 0.1) is 24.8 Å². The van der Waals surface area contributed by atoms with E-state index in [1.807, 2.05) is 31.2 Å². The zero-order chi connectivity index (χ0) is 31.1. The van der Waals surface area contributed by atoms with Gasteiger partial charge in [-0.05, 0) is 74.2 Å². The number of carbonyl (C=O) groups is 2. The van der Waals surface area contributed by atoms with E-state index in [1.165, 1.54) is 49.5 Å². The minimum atomic E-state index is -4.29. The van der Waals surface area contributed by atoms with Gasteiger partial charge in [0.1, 0.15) is 12.6 Å². The van der Waals surface area contributed by atoms with Crippen molar-refractivity contribution < 1.29 is 27.5 Å². The summed E-state index contributed by atoms with van der Waals surface area (Å²) in [6.07, 6.45) is 3.90. The van der Waals surface area contributed by atoms with Crippen LogP contribution >= 0.6 is 11.6 Å². The van der Waals surface area contributed by atoms with E-state index in [0.29, 0.717) is 10.8 Å².